The smallest absolute Gasteiger partial charge is 0.258 e. The number of nitrogens with one attached hydrogen (secondary N) is 3. The first-order valence-electron chi connectivity index (χ1n) is 9.89. The van der Waals surface area contributed by atoms with Crippen LogP contribution in [0.4, 0.5) is 4.39 Å². The Morgan fingerprint density at radius 3 is 2.81 bits per heavy atom. The Kier molecular flexibility index (Phi) is 5.83. The number of β-amino-alcohol motifs (C(OH)–C–C–N with tert-alkyl or cyclic N) is 1. The molecular formula is C21H23ClFN5O3. The van der Waals surface area contributed by atoms with Crippen LogP contribution in [-0.2, 0) is 0 Å². The third kappa shape index (κ3) is 4.21. The average molecular weight is 448 g/mol. The second-order valence-corrected chi connectivity index (χ2v) is 8.13. The summed E-state index contributed by atoms with van der Waals surface area (Å²) >= 11 is 6.17. The number of carbonyl (C=O) groups excluding carboxylic acids is 1. The van der Waals surface area contributed by atoms with E-state index in [0.717, 1.165) is 11.8 Å². The minimum absolute atomic E-state index is 0.0700. The lowest BCUT2D eigenvalue weighted by atomic mass is 10.1. The first-order chi connectivity index (χ1) is 14.7. The SMILES string of the molecule is CC1=N/C(=C2\CN(C(=O)c3ccc(F)cc3O[C@H]3CNC[C@@H]3O)CC2=N)NC(C)=C1Cl. The summed E-state index contributed by atoms with van der Waals surface area (Å²) < 4.78 is 19.6. The summed E-state index contributed by atoms with van der Waals surface area (Å²) in [7, 11) is 0. The maximum atomic E-state index is 13.9. The van der Waals surface area contributed by atoms with Crippen LogP contribution in [0.25, 0.3) is 0 Å². The van der Waals surface area contributed by atoms with Crippen molar-refractivity contribution >= 4 is 28.9 Å². The Balaban J connectivity index is 1.59. The topological polar surface area (TPSA) is 110 Å². The predicted octanol–water partition coefficient (Wildman–Crippen LogP) is 1.76. The molecule has 1 aromatic carbocycles. The van der Waals surface area contributed by atoms with Crippen molar-refractivity contribution in [3.8, 4) is 5.75 Å². The standard InChI is InChI=1S/C21H23ClFN5O3/c1-10-19(22)11(2)27-20(26-10)14-8-28(9-15(14)24)21(30)13-4-3-12(23)5-17(13)31-18-7-25-6-16(18)29/h3-5,16,18,24-26,29H,6-9H2,1-2H3/b20-14+,24-15?/t16-,18-/m0/s1. The monoisotopic (exact) mass is 447 g/mol. The average Bonchev–Trinajstić information content (AvgIpc) is 3.31. The first-order valence-corrected chi connectivity index (χ1v) is 10.3. The molecule has 4 rings (SSSR count). The highest BCUT2D eigenvalue weighted by molar-refractivity contribution is 6.43. The summed E-state index contributed by atoms with van der Waals surface area (Å²) in [5.41, 5.74) is 2.40. The van der Waals surface area contributed by atoms with Crippen molar-refractivity contribution in [1.29, 1.82) is 5.41 Å². The molecule has 10 heteroatoms. The normalized spacial score (nSPS) is 26.3. The Hall–Kier alpha value is -2.75. The van der Waals surface area contributed by atoms with Gasteiger partial charge in [0.25, 0.3) is 5.91 Å². The van der Waals surface area contributed by atoms with E-state index >= 15 is 0 Å². The molecule has 1 amide bonds. The van der Waals surface area contributed by atoms with Crippen molar-refractivity contribution in [3.63, 3.8) is 0 Å². The highest BCUT2D eigenvalue weighted by Crippen LogP contribution is 2.28. The quantitative estimate of drug-likeness (QED) is 0.564. The van der Waals surface area contributed by atoms with Crippen LogP contribution in [0.15, 0.2) is 45.3 Å². The van der Waals surface area contributed by atoms with E-state index in [-0.39, 0.29) is 30.1 Å². The van der Waals surface area contributed by atoms with Crippen LogP contribution in [0.2, 0.25) is 0 Å². The van der Waals surface area contributed by atoms with Crippen LogP contribution in [0.3, 0.4) is 0 Å². The van der Waals surface area contributed by atoms with Gasteiger partial charge >= 0.3 is 0 Å². The van der Waals surface area contributed by atoms with E-state index in [1.165, 1.54) is 17.0 Å². The van der Waals surface area contributed by atoms with Crippen molar-refractivity contribution in [3.05, 3.63) is 51.7 Å². The molecule has 3 heterocycles. The van der Waals surface area contributed by atoms with Crippen LogP contribution < -0.4 is 15.4 Å². The van der Waals surface area contributed by atoms with Crippen LogP contribution in [0, 0.1) is 11.2 Å². The van der Waals surface area contributed by atoms with Crippen LogP contribution in [-0.4, -0.2) is 65.7 Å². The minimum Gasteiger partial charge on any atom is -0.485 e. The fourth-order valence-corrected chi connectivity index (χ4v) is 3.84. The zero-order chi connectivity index (χ0) is 22.3. The van der Waals surface area contributed by atoms with Gasteiger partial charge in [-0.2, -0.15) is 0 Å². The third-order valence-corrected chi connectivity index (χ3v) is 6.01. The van der Waals surface area contributed by atoms with Gasteiger partial charge in [0.2, 0.25) is 0 Å². The highest BCUT2D eigenvalue weighted by atomic mass is 35.5. The number of amides is 1. The van der Waals surface area contributed by atoms with Gasteiger partial charge < -0.3 is 30.8 Å². The summed E-state index contributed by atoms with van der Waals surface area (Å²) in [6, 6.07) is 3.70. The molecule has 0 radical (unpaired) electrons. The molecule has 1 aromatic rings. The number of likely N-dealkylation sites (tertiary alicyclic amines) is 1. The molecule has 31 heavy (non-hydrogen) atoms. The van der Waals surface area contributed by atoms with E-state index in [9.17, 15) is 14.3 Å². The molecule has 0 aromatic heterocycles. The Labute approximate surface area is 183 Å². The minimum atomic E-state index is -0.746. The number of aliphatic hydroxyl groups excluding tert-OH is 1. The van der Waals surface area contributed by atoms with Crippen molar-refractivity contribution in [2.24, 2.45) is 4.99 Å². The predicted molar refractivity (Wildman–Crippen MR) is 115 cm³/mol. The molecular weight excluding hydrogens is 425 g/mol. The first kappa shape index (κ1) is 21.5. The molecule has 0 bridgehead atoms. The lowest BCUT2D eigenvalue weighted by Gasteiger charge is -2.21. The maximum Gasteiger partial charge on any atom is 0.258 e. The number of ether oxygens (including phenoxy) is 1. The largest absolute Gasteiger partial charge is 0.485 e. The number of aliphatic imine (C=N–C) groups is 1. The molecule has 8 nitrogen and oxygen atoms in total. The number of allylic oxidation sites excluding steroid dienone is 2. The number of benzene rings is 1. The molecule has 0 spiro atoms. The van der Waals surface area contributed by atoms with E-state index in [2.05, 4.69) is 15.6 Å². The second kappa shape index (κ2) is 8.41. The molecule has 2 fully saturated rings. The van der Waals surface area contributed by atoms with Crippen molar-refractivity contribution in [2.75, 3.05) is 26.2 Å². The van der Waals surface area contributed by atoms with Crippen LogP contribution in [0.1, 0.15) is 24.2 Å². The molecule has 164 valence electrons. The fourth-order valence-electron chi connectivity index (χ4n) is 3.75. The Bertz CT molecular complexity index is 1050. The fraction of sp³-hybridized carbons (Fsp3) is 0.381. The maximum absolute atomic E-state index is 13.9. The summed E-state index contributed by atoms with van der Waals surface area (Å²) in [5, 5.41) is 25.0. The molecule has 0 aliphatic carbocycles. The summed E-state index contributed by atoms with van der Waals surface area (Å²) in [6.07, 6.45) is -1.32. The number of hydrogen-bond acceptors (Lipinski definition) is 7. The van der Waals surface area contributed by atoms with Crippen molar-refractivity contribution in [2.45, 2.75) is 26.1 Å². The number of carbonyl (C=O) groups is 1. The highest BCUT2D eigenvalue weighted by Gasteiger charge is 2.33. The molecule has 0 saturated carbocycles. The van der Waals surface area contributed by atoms with Gasteiger partial charge in [-0.05, 0) is 26.0 Å². The zero-order valence-electron chi connectivity index (χ0n) is 17.1. The molecule has 3 aliphatic rings. The van der Waals surface area contributed by atoms with E-state index in [0.29, 0.717) is 35.2 Å². The van der Waals surface area contributed by atoms with E-state index < -0.39 is 23.9 Å². The van der Waals surface area contributed by atoms with E-state index in [1.54, 1.807) is 6.92 Å². The van der Waals surface area contributed by atoms with Gasteiger partial charge in [0.1, 0.15) is 29.6 Å². The van der Waals surface area contributed by atoms with Gasteiger partial charge in [-0.15, -0.1) is 0 Å². The Morgan fingerprint density at radius 2 is 2.13 bits per heavy atom. The summed E-state index contributed by atoms with van der Waals surface area (Å²) in [4.78, 5) is 19.1. The number of rotatable bonds is 3. The van der Waals surface area contributed by atoms with Gasteiger partial charge in [0.05, 0.1) is 35.1 Å². The Morgan fingerprint density at radius 1 is 1.35 bits per heavy atom. The number of aliphatic hydroxyl groups is 1. The lowest BCUT2D eigenvalue weighted by molar-refractivity contribution is 0.0687. The number of hydrogen-bond donors (Lipinski definition) is 4. The lowest BCUT2D eigenvalue weighted by Crippen LogP contribution is -2.32. The van der Waals surface area contributed by atoms with Gasteiger partial charge in [-0.1, -0.05) is 11.6 Å². The van der Waals surface area contributed by atoms with Gasteiger partial charge in [0, 0.05) is 30.4 Å². The molecule has 3 aliphatic heterocycles. The van der Waals surface area contributed by atoms with Crippen molar-refractivity contribution < 1.29 is 19.0 Å². The van der Waals surface area contributed by atoms with Crippen LogP contribution in [0.5, 0.6) is 5.75 Å². The van der Waals surface area contributed by atoms with Crippen LogP contribution >= 0.6 is 11.6 Å². The van der Waals surface area contributed by atoms with E-state index in [4.69, 9.17) is 21.7 Å². The number of nitrogens with zero attached hydrogens (tertiary/aromatic N) is 2. The molecule has 2 saturated heterocycles. The van der Waals surface area contributed by atoms with Gasteiger partial charge in [0.15, 0.2) is 0 Å². The van der Waals surface area contributed by atoms with Gasteiger partial charge in [-0.25, -0.2) is 9.38 Å². The molecule has 2 atom stereocenters. The molecule has 0 unspecified atom stereocenters. The summed E-state index contributed by atoms with van der Waals surface area (Å²) in [6.45, 7) is 4.63. The summed E-state index contributed by atoms with van der Waals surface area (Å²) in [5.74, 6) is -0.368. The van der Waals surface area contributed by atoms with E-state index in [1.807, 2.05) is 6.92 Å². The third-order valence-electron chi connectivity index (χ3n) is 5.45. The second-order valence-electron chi connectivity index (χ2n) is 7.75. The molecule has 4 N–H and O–H groups in total. The zero-order valence-corrected chi connectivity index (χ0v) is 17.9. The van der Waals surface area contributed by atoms with Gasteiger partial charge in [-0.3, -0.25) is 4.79 Å². The number of halogens is 2. The van der Waals surface area contributed by atoms with Crippen molar-refractivity contribution in [1.82, 2.24) is 15.5 Å².